The molecular weight excluding hydrogens is 469 g/mol. The first kappa shape index (κ1) is 25.0. The molecule has 2 rings (SSSR count). The van der Waals surface area contributed by atoms with Gasteiger partial charge in [-0.2, -0.15) is 0 Å². The molecule has 1 aliphatic heterocycles. The Kier molecular flexibility index (Phi) is 11.1. The van der Waals surface area contributed by atoms with Crippen LogP contribution in [0, 0.1) is 6.92 Å². The molecule has 0 radical (unpaired) electrons. The van der Waals surface area contributed by atoms with Crippen LogP contribution in [-0.2, 0) is 16.0 Å². The fraction of sp³-hybridized carbons (Fsp3) is 0.667. The minimum Gasteiger partial charge on any atom is -0.491 e. The molecule has 1 saturated heterocycles. The van der Waals surface area contributed by atoms with Crippen LogP contribution in [0.1, 0.15) is 44.7 Å². The zero-order valence-electron chi connectivity index (χ0n) is 17.8. The second kappa shape index (κ2) is 12.5. The predicted molar refractivity (Wildman–Crippen MR) is 125 cm³/mol. The van der Waals surface area contributed by atoms with Crippen molar-refractivity contribution >= 4 is 29.9 Å². The smallest absolute Gasteiger partial charge is 0.191 e. The van der Waals surface area contributed by atoms with Crippen molar-refractivity contribution < 1.29 is 14.2 Å². The minimum atomic E-state index is -0.254. The second-order valence-electron chi connectivity index (χ2n) is 7.57. The molecule has 1 unspecified atom stereocenters. The third kappa shape index (κ3) is 8.53. The van der Waals surface area contributed by atoms with E-state index in [2.05, 4.69) is 42.7 Å². The molecule has 0 spiro atoms. The molecule has 1 heterocycles. The normalized spacial score (nSPS) is 17.2. The van der Waals surface area contributed by atoms with Crippen LogP contribution in [0.4, 0.5) is 0 Å². The van der Waals surface area contributed by atoms with Crippen LogP contribution in [0.25, 0.3) is 0 Å². The number of aliphatic imine (C=N–C) groups is 1. The first-order chi connectivity index (χ1) is 12.9. The Bertz CT molecular complexity index is 617. The second-order valence-corrected chi connectivity index (χ2v) is 7.57. The molecule has 1 aromatic rings. The topological polar surface area (TPSA) is 64.1 Å². The molecule has 1 aromatic carbocycles. The molecule has 1 fully saturated rings. The molecule has 6 nitrogen and oxygen atoms in total. The summed E-state index contributed by atoms with van der Waals surface area (Å²) in [6.45, 7) is 11.7. The van der Waals surface area contributed by atoms with E-state index < -0.39 is 0 Å². The van der Waals surface area contributed by atoms with Gasteiger partial charge in [-0.05, 0) is 52.2 Å². The van der Waals surface area contributed by atoms with Gasteiger partial charge in [0.05, 0.1) is 18.2 Å². The summed E-state index contributed by atoms with van der Waals surface area (Å²) in [6, 6.07) is 6.26. The van der Waals surface area contributed by atoms with E-state index in [0.29, 0.717) is 19.7 Å². The van der Waals surface area contributed by atoms with E-state index >= 15 is 0 Å². The van der Waals surface area contributed by atoms with Crippen molar-refractivity contribution in [3.05, 3.63) is 29.3 Å². The number of rotatable bonds is 9. The molecule has 0 amide bonds. The zero-order chi connectivity index (χ0) is 19.7. The summed E-state index contributed by atoms with van der Waals surface area (Å²) in [5.41, 5.74) is 1.99. The molecule has 28 heavy (non-hydrogen) atoms. The number of benzene rings is 1. The zero-order valence-corrected chi connectivity index (χ0v) is 20.2. The van der Waals surface area contributed by atoms with Crippen molar-refractivity contribution in [3.8, 4) is 5.75 Å². The number of nitrogens with zero attached hydrogens (tertiary/aromatic N) is 1. The van der Waals surface area contributed by atoms with Gasteiger partial charge in [-0.1, -0.05) is 12.1 Å². The van der Waals surface area contributed by atoms with Crippen molar-refractivity contribution in [2.24, 2.45) is 4.99 Å². The van der Waals surface area contributed by atoms with Gasteiger partial charge in [0.1, 0.15) is 12.4 Å². The Morgan fingerprint density at radius 2 is 2.11 bits per heavy atom. The van der Waals surface area contributed by atoms with Crippen molar-refractivity contribution in [1.82, 2.24) is 10.6 Å². The molecule has 1 atom stereocenters. The van der Waals surface area contributed by atoms with Crippen LogP contribution in [0.2, 0.25) is 0 Å². The monoisotopic (exact) mass is 505 g/mol. The highest BCUT2D eigenvalue weighted by atomic mass is 127. The van der Waals surface area contributed by atoms with Gasteiger partial charge >= 0.3 is 0 Å². The van der Waals surface area contributed by atoms with Gasteiger partial charge in [0.2, 0.25) is 0 Å². The van der Waals surface area contributed by atoms with Crippen LogP contribution in [0.3, 0.4) is 0 Å². The maximum absolute atomic E-state index is 6.07. The SMILES string of the molecule is CCNC(=NCc1ccc(C)cc1OCC1CCCO1)NCC(C)(C)OC.I. The van der Waals surface area contributed by atoms with E-state index in [0.717, 1.165) is 43.3 Å². The minimum absolute atomic E-state index is 0. The lowest BCUT2D eigenvalue weighted by molar-refractivity contribution is 0.0268. The van der Waals surface area contributed by atoms with Gasteiger partial charge < -0.3 is 24.8 Å². The number of nitrogens with one attached hydrogen (secondary N) is 2. The number of methoxy groups -OCH3 is 1. The lowest BCUT2D eigenvalue weighted by Crippen LogP contribution is -2.45. The highest BCUT2D eigenvalue weighted by molar-refractivity contribution is 14.0. The van der Waals surface area contributed by atoms with Crippen molar-refractivity contribution in [1.29, 1.82) is 0 Å². The predicted octanol–water partition coefficient (Wildman–Crippen LogP) is 3.65. The molecular formula is C21H36IN3O3. The fourth-order valence-electron chi connectivity index (χ4n) is 2.76. The highest BCUT2D eigenvalue weighted by Crippen LogP contribution is 2.23. The molecule has 0 aliphatic carbocycles. The third-order valence-corrected chi connectivity index (χ3v) is 4.66. The summed E-state index contributed by atoms with van der Waals surface area (Å²) >= 11 is 0. The third-order valence-electron chi connectivity index (χ3n) is 4.66. The number of hydrogen-bond donors (Lipinski definition) is 2. The molecule has 7 heteroatoms. The molecule has 1 aliphatic rings. The number of aryl methyl sites for hydroxylation is 1. The Morgan fingerprint density at radius 3 is 2.75 bits per heavy atom. The fourth-order valence-corrected chi connectivity index (χ4v) is 2.76. The van der Waals surface area contributed by atoms with Gasteiger partial charge in [0, 0.05) is 32.4 Å². The maximum Gasteiger partial charge on any atom is 0.191 e. The number of guanidine groups is 1. The largest absolute Gasteiger partial charge is 0.491 e. The van der Waals surface area contributed by atoms with E-state index in [1.54, 1.807) is 7.11 Å². The standard InChI is InChI=1S/C21H35N3O3.HI/c1-6-22-20(24-15-21(3,4)25-5)23-13-17-10-9-16(2)12-19(17)27-14-18-8-7-11-26-18;/h9-10,12,18H,6-8,11,13-15H2,1-5H3,(H2,22,23,24);1H. The lowest BCUT2D eigenvalue weighted by atomic mass is 10.1. The van der Waals surface area contributed by atoms with Gasteiger partial charge in [-0.25, -0.2) is 4.99 Å². The number of halogens is 1. The highest BCUT2D eigenvalue weighted by Gasteiger charge is 2.18. The average Bonchev–Trinajstić information content (AvgIpc) is 3.17. The molecule has 0 saturated carbocycles. The maximum atomic E-state index is 6.07. The van der Waals surface area contributed by atoms with Crippen LogP contribution >= 0.6 is 24.0 Å². The Labute approximate surface area is 186 Å². The van der Waals surface area contributed by atoms with E-state index in [-0.39, 0.29) is 35.7 Å². The summed E-state index contributed by atoms with van der Waals surface area (Å²) < 4.78 is 17.2. The first-order valence-electron chi connectivity index (χ1n) is 9.85. The van der Waals surface area contributed by atoms with Gasteiger partial charge in [0.15, 0.2) is 5.96 Å². The van der Waals surface area contributed by atoms with Crippen molar-refractivity contribution in [3.63, 3.8) is 0 Å². The first-order valence-corrected chi connectivity index (χ1v) is 9.85. The Hall–Kier alpha value is -1.06. The summed E-state index contributed by atoms with van der Waals surface area (Å²) in [6.07, 6.45) is 2.40. The summed E-state index contributed by atoms with van der Waals surface area (Å²) in [5, 5.41) is 6.62. The Morgan fingerprint density at radius 1 is 1.32 bits per heavy atom. The van der Waals surface area contributed by atoms with E-state index in [1.165, 1.54) is 5.56 Å². The van der Waals surface area contributed by atoms with Crippen molar-refractivity contribution in [2.45, 2.75) is 58.8 Å². The van der Waals surface area contributed by atoms with Gasteiger partial charge in [-0.3, -0.25) is 0 Å². The van der Waals surface area contributed by atoms with Crippen LogP contribution in [0.15, 0.2) is 23.2 Å². The van der Waals surface area contributed by atoms with Crippen molar-refractivity contribution in [2.75, 3.05) is 33.4 Å². The van der Waals surface area contributed by atoms with Crippen LogP contribution < -0.4 is 15.4 Å². The van der Waals surface area contributed by atoms with Gasteiger partial charge in [0.25, 0.3) is 0 Å². The summed E-state index contributed by atoms with van der Waals surface area (Å²) in [5.74, 6) is 1.66. The number of ether oxygens (including phenoxy) is 3. The van der Waals surface area contributed by atoms with E-state index in [1.807, 2.05) is 13.8 Å². The molecule has 0 aromatic heterocycles. The molecule has 0 bridgehead atoms. The lowest BCUT2D eigenvalue weighted by Gasteiger charge is -2.24. The molecule has 160 valence electrons. The number of hydrogen-bond acceptors (Lipinski definition) is 4. The van der Waals surface area contributed by atoms with Crippen LogP contribution in [0.5, 0.6) is 5.75 Å². The van der Waals surface area contributed by atoms with E-state index in [4.69, 9.17) is 19.2 Å². The summed E-state index contributed by atoms with van der Waals surface area (Å²) in [4.78, 5) is 4.72. The molecule has 2 N–H and O–H groups in total. The summed E-state index contributed by atoms with van der Waals surface area (Å²) in [7, 11) is 1.72. The average molecular weight is 505 g/mol. The quantitative estimate of drug-likeness (QED) is 0.305. The van der Waals surface area contributed by atoms with E-state index in [9.17, 15) is 0 Å². The Balaban J connectivity index is 0.00000392. The van der Waals surface area contributed by atoms with Crippen LogP contribution in [-0.4, -0.2) is 51.1 Å². The van der Waals surface area contributed by atoms with Gasteiger partial charge in [-0.15, -0.1) is 24.0 Å².